The zero-order valence-electron chi connectivity index (χ0n) is 13.2. The Morgan fingerprint density at radius 2 is 1.86 bits per heavy atom. The SMILES string of the molecule is CC(CCc1ccc(F)c(F)c1)NC(=O)NC(C)C(C)CO. The highest BCUT2D eigenvalue weighted by atomic mass is 19.2. The van der Waals surface area contributed by atoms with Crippen LogP contribution in [-0.4, -0.2) is 29.8 Å². The van der Waals surface area contributed by atoms with Crippen molar-refractivity contribution in [3.63, 3.8) is 0 Å². The van der Waals surface area contributed by atoms with Crippen molar-refractivity contribution in [2.75, 3.05) is 6.61 Å². The third-order valence-electron chi connectivity index (χ3n) is 3.73. The van der Waals surface area contributed by atoms with Crippen LogP contribution in [0.1, 0.15) is 32.8 Å². The second kappa shape index (κ2) is 8.68. The number of halogens is 2. The number of aryl methyl sites for hydroxylation is 1. The van der Waals surface area contributed by atoms with Gasteiger partial charge in [0.25, 0.3) is 0 Å². The van der Waals surface area contributed by atoms with Gasteiger partial charge in [0.05, 0.1) is 0 Å². The molecule has 0 spiro atoms. The first kappa shape index (κ1) is 18.4. The van der Waals surface area contributed by atoms with E-state index in [2.05, 4.69) is 10.6 Å². The van der Waals surface area contributed by atoms with Crippen LogP contribution in [0.3, 0.4) is 0 Å². The van der Waals surface area contributed by atoms with Gasteiger partial charge in [0, 0.05) is 18.7 Å². The molecule has 0 aromatic heterocycles. The van der Waals surface area contributed by atoms with Gasteiger partial charge in [-0.25, -0.2) is 13.6 Å². The van der Waals surface area contributed by atoms with E-state index in [0.717, 1.165) is 6.07 Å². The highest BCUT2D eigenvalue weighted by Crippen LogP contribution is 2.11. The average molecular weight is 314 g/mol. The molecule has 1 aromatic carbocycles. The van der Waals surface area contributed by atoms with Crippen LogP contribution in [0.25, 0.3) is 0 Å². The smallest absolute Gasteiger partial charge is 0.315 e. The molecular formula is C16H24F2N2O2. The van der Waals surface area contributed by atoms with E-state index in [-0.39, 0.29) is 30.6 Å². The summed E-state index contributed by atoms with van der Waals surface area (Å²) in [6.07, 6.45) is 1.16. The molecular weight excluding hydrogens is 290 g/mol. The maximum absolute atomic E-state index is 13.1. The Kier molecular flexibility index (Phi) is 7.24. The van der Waals surface area contributed by atoms with Crippen LogP contribution >= 0.6 is 0 Å². The summed E-state index contributed by atoms with van der Waals surface area (Å²) in [5, 5.41) is 14.6. The number of hydrogen-bond donors (Lipinski definition) is 3. The minimum Gasteiger partial charge on any atom is -0.396 e. The van der Waals surface area contributed by atoms with Gasteiger partial charge in [-0.1, -0.05) is 13.0 Å². The molecule has 1 aromatic rings. The third kappa shape index (κ3) is 5.97. The third-order valence-corrected chi connectivity index (χ3v) is 3.73. The monoisotopic (exact) mass is 314 g/mol. The number of carbonyl (C=O) groups excluding carboxylic acids is 1. The first-order valence-electron chi connectivity index (χ1n) is 7.45. The van der Waals surface area contributed by atoms with Gasteiger partial charge in [-0.05, 0) is 50.3 Å². The number of nitrogens with one attached hydrogen (secondary N) is 2. The standard InChI is InChI=1S/C16H24F2N2O2/c1-10(9-21)12(3)20-16(22)19-11(2)4-5-13-6-7-14(17)15(18)8-13/h6-8,10-12,21H,4-5,9H2,1-3H3,(H2,19,20,22). The molecule has 1 rings (SSSR count). The highest BCUT2D eigenvalue weighted by molar-refractivity contribution is 5.74. The molecule has 3 N–H and O–H groups in total. The predicted molar refractivity (Wildman–Crippen MR) is 81.5 cm³/mol. The molecule has 0 aliphatic rings. The molecule has 0 saturated carbocycles. The van der Waals surface area contributed by atoms with Gasteiger partial charge in [-0.2, -0.15) is 0 Å². The zero-order valence-corrected chi connectivity index (χ0v) is 13.2. The molecule has 0 bridgehead atoms. The number of rotatable bonds is 7. The topological polar surface area (TPSA) is 61.4 Å². The van der Waals surface area contributed by atoms with E-state index in [1.54, 1.807) is 0 Å². The summed E-state index contributed by atoms with van der Waals surface area (Å²) in [6.45, 7) is 5.52. The van der Waals surface area contributed by atoms with E-state index in [9.17, 15) is 13.6 Å². The summed E-state index contributed by atoms with van der Waals surface area (Å²) in [4.78, 5) is 11.8. The number of carbonyl (C=O) groups is 1. The highest BCUT2D eigenvalue weighted by Gasteiger charge is 2.15. The molecule has 2 amide bonds. The molecule has 3 unspecified atom stereocenters. The second-order valence-corrected chi connectivity index (χ2v) is 5.75. The van der Waals surface area contributed by atoms with Gasteiger partial charge >= 0.3 is 6.03 Å². The van der Waals surface area contributed by atoms with Crippen molar-refractivity contribution in [2.45, 2.75) is 45.7 Å². The summed E-state index contributed by atoms with van der Waals surface area (Å²) in [7, 11) is 0. The Bertz CT molecular complexity index is 497. The van der Waals surface area contributed by atoms with Crippen molar-refractivity contribution >= 4 is 6.03 Å². The van der Waals surface area contributed by atoms with Gasteiger partial charge in [0.2, 0.25) is 0 Å². The van der Waals surface area contributed by atoms with Gasteiger partial charge in [-0.3, -0.25) is 0 Å². The summed E-state index contributed by atoms with van der Waals surface area (Å²) in [6, 6.07) is 3.27. The van der Waals surface area contributed by atoms with E-state index < -0.39 is 11.6 Å². The first-order valence-corrected chi connectivity index (χ1v) is 7.45. The van der Waals surface area contributed by atoms with Crippen LogP contribution < -0.4 is 10.6 Å². The van der Waals surface area contributed by atoms with Crippen LogP contribution in [0.2, 0.25) is 0 Å². The fourth-order valence-corrected chi connectivity index (χ4v) is 1.92. The number of aliphatic hydroxyl groups excluding tert-OH is 1. The minimum atomic E-state index is -0.860. The lowest BCUT2D eigenvalue weighted by Crippen LogP contribution is -2.47. The second-order valence-electron chi connectivity index (χ2n) is 5.75. The van der Waals surface area contributed by atoms with Crippen molar-refractivity contribution < 1.29 is 18.7 Å². The molecule has 0 fully saturated rings. The summed E-state index contributed by atoms with van der Waals surface area (Å²) < 4.78 is 25.9. The lowest BCUT2D eigenvalue weighted by atomic mass is 10.1. The van der Waals surface area contributed by atoms with Crippen molar-refractivity contribution in [3.05, 3.63) is 35.4 Å². The molecule has 0 saturated heterocycles. The maximum atomic E-state index is 13.1. The van der Waals surface area contributed by atoms with Gasteiger partial charge in [0.1, 0.15) is 0 Å². The van der Waals surface area contributed by atoms with Crippen LogP contribution in [0.15, 0.2) is 18.2 Å². The summed E-state index contributed by atoms with van der Waals surface area (Å²) in [5.41, 5.74) is 0.690. The fourth-order valence-electron chi connectivity index (χ4n) is 1.92. The molecule has 124 valence electrons. The van der Waals surface area contributed by atoms with Gasteiger partial charge in [0.15, 0.2) is 11.6 Å². The quantitative estimate of drug-likeness (QED) is 0.724. The van der Waals surface area contributed by atoms with Crippen LogP contribution in [0, 0.1) is 17.6 Å². The predicted octanol–water partition coefficient (Wildman–Crippen LogP) is 2.60. The molecule has 0 aliphatic carbocycles. The minimum absolute atomic E-state index is 0.00707. The number of amides is 2. The summed E-state index contributed by atoms with van der Waals surface area (Å²) in [5.74, 6) is -1.74. The van der Waals surface area contributed by atoms with Crippen LogP contribution in [0.4, 0.5) is 13.6 Å². The van der Waals surface area contributed by atoms with E-state index >= 15 is 0 Å². The number of urea groups is 1. The van der Waals surface area contributed by atoms with Crippen LogP contribution in [-0.2, 0) is 6.42 Å². The van der Waals surface area contributed by atoms with Gasteiger partial charge < -0.3 is 15.7 Å². The maximum Gasteiger partial charge on any atom is 0.315 e. The Morgan fingerprint density at radius 1 is 1.18 bits per heavy atom. The summed E-state index contributed by atoms with van der Waals surface area (Å²) >= 11 is 0. The van der Waals surface area contributed by atoms with Crippen molar-refractivity contribution in [3.8, 4) is 0 Å². The molecule has 0 radical (unpaired) electrons. The molecule has 6 heteroatoms. The largest absolute Gasteiger partial charge is 0.396 e. The van der Waals surface area contributed by atoms with Crippen molar-refractivity contribution in [1.82, 2.24) is 10.6 Å². The van der Waals surface area contributed by atoms with E-state index in [4.69, 9.17) is 5.11 Å². The normalized spacial score (nSPS) is 15.0. The van der Waals surface area contributed by atoms with Crippen molar-refractivity contribution in [1.29, 1.82) is 0 Å². The molecule has 3 atom stereocenters. The average Bonchev–Trinajstić information content (AvgIpc) is 2.47. The van der Waals surface area contributed by atoms with E-state index in [0.29, 0.717) is 18.4 Å². The van der Waals surface area contributed by atoms with Gasteiger partial charge in [-0.15, -0.1) is 0 Å². The molecule has 22 heavy (non-hydrogen) atoms. The number of benzene rings is 1. The van der Waals surface area contributed by atoms with E-state index in [1.807, 2.05) is 20.8 Å². The number of hydrogen-bond acceptors (Lipinski definition) is 2. The fraction of sp³-hybridized carbons (Fsp3) is 0.562. The molecule has 0 heterocycles. The lowest BCUT2D eigenvalue weighted by molar-refractivity contribution is 0.199. The van der Waals surface area contributed by atoms with Crippen molar-refractivity contribution in [2.24, 2.45) is 5.92 Å². The molecule has 4 nitrogen and oxygen atoms in total. The Labute approximate surface area is 129 Å². The lowest BCUT2D eigenvalue weighted by Gasteiger charge is -2.21. The number of aliphatic hydroxyl groups is 1. The Morgan fingerprint density at radius 3 is 2.45 bits per heavy atom. The zero-order chi connectivity index (χ0) is 16.7. The molecule has 0 aliphatic heterocycles. The van der Waals surface area contributed by atoms with E-state index in [1.165, 1.54) is 12.1 Å². The Hall–Kier alpha value is -1.69. The van der Waals surface area contributed by atoms with Crippen LogP contribution in [0.5, 0.6) is 0 Å². The Balaban J connectivity index is 2.37. The first-order chi connectivity index (χ1) is 10.3.